The third kappa shape index (κ3) is 40.2. The lowest BCUT2D eigenvalue weighted by Gasteiger charge is -2.31. The SMILES string of the molecule is CCCCCCCCCCCCCCCCCCCCCCCCCC(O)C(=O)N[C@@H](COP(=O)([O-])OCC[N+](C)(C)C)[C@H](O)[C@H](O)CCCCCCCCCCC(C)C. The fraction of sp³-hybridized carbons (Fsp3) is 0.980. The summed E-state index contributed by atoms with van der Waals surface area (Å²) in [5.74, 6) is 0.0406. The molecule has 0 rings (SSSR count). The summed E-state index contributed by atoms with van der Waals surface area (Å²) in [5.41, 5.74) is 0. The van der Waals surface area contributed by atoms with E-state index in [2.05, 4.69) is 26.1 Å². The van der Waals surface area contributed by atoms with Crippen molar-refractivity contribution in [2.75, 3.05) is 40.9 Å². The Morgan fingerprint density at radius 3 is 1.28 bits per heavy atom. The van der Waals surface area contributed by atoms with Crippen LogP contribution in [0.2, 0.25) is 0 Å². The van der Waals surface area contributed by atoms with Crippen molar-refractivity contribution in [3.05, 3.63) is 0 Å². The van der Waals surface area contributed by atoms with Gasteiger partial charge >= 0.3 is 0 Å². The summed E-state index contributed by atoms with van der Waals surface area (Å²) >= 11 is 0. The largest absolute Gasteiger partial charge is 0.756 e. The number of phosphoric ester groups is 1. The highest BCUT2D eigenvalue weighted by atomic mass is 31.2. The number of phosphoric acid groups is 1. The van der Waals surface area contributed by atoms with Gasteiger partial charge in [-0.3, -0.25) is 9.36 Å². The van der Waals surface area contributed by atoms with E-state index in [0.29, 0.717) is 30.3 Å². The van der Waals surface area contributed by atoms with Crippen LogP contribution in [0.15, 0.2) is 0 Å². The van der Waals surface area contributed by atoms with E-state index in [9.17, 15) is 29.6 Å². The molecular formula is C49H101N2O8P. The lowest BCUT2D eigenvalue weighted by atomic mass is 9.99. The number of hydrogen-bond donors (Lipinski definition) is 4. The van der Waals surface area contributed by atoms with Crippen LogP contribution in [0.3, 0.4) is 0 Å². The van der Waals surface area contributed by atoms with Gasteiger partial charge in [-0.1, -0.05) is 226 Å². The first-order valence-electron chi connectivity index (χ1n) is 25.4. The molecular weight excluding hydrogens is 776 g/mol. The first kappa shape index (κ1) is 59.4. The molecule has 0 aromatic heterocycles. The molecule has 0 aromatic rings. The van der Waals surface area contributed by atoms with Crippen molar-refractivity contribution in [3.63, 3.8) is 0 Å². The molecule has 0 aliphatic heterocycles. The normalized spacial score (nSPS) is 15.2. The van der Waals surface area contributed by atoms with Crippen molar-refractivity contribution in [3.8, 4) is 0 Å². The standard InChI is InChI=1S/C49H101N2O8P/c1-7-8-9-10-11-12-13-14-15-16-17-18-19-20-21-22-23-24-25-26-31-34-37-40-47(53)49(55)50-45(43-59-60(56,57)58-42-41-51(4,5)6)48(54)46(52)39-36-33-30-28-27-29-32-35-38-44(2)3/h44-48,52-54H,7-43H2,1-6H3,(H-,50,55,56,57)/t45-,46+,47?,48-/m0/s1. The van der Waals surface area contributed by atoms with Crippen LogP contribution in [-0.4, -0.2) is 91.0 Å². The van der Waals surface area contributed by atoms with Crippen molar-refractivity contribution in [2.24, 2.45) is 5.92 Å². The van der Waals surface area contributed by atoms with Crippen LogP contribution in [0.1, 0.15) is 239 Å². The Morgan fingerprint density at radius 2 is 0.917 bits per heavy atom. The number of nitrogens with one attached hydrogen (secondary N) is 1. The van der Waals surface area contributed by atoms with Crippen LogP contribution < -0.4 is 10.2 Å². The first-order valence-corrected chi connectivity index (χ1v) is 26.9. The van der Waals surface area contributed by atoms with Gasteiger partial charge in [0.25, 0.3) is 7.82 Å². The maximum absolute atomic E-state index is 13.0. The molecule has 1 amide bonds. The highest BCUT2D eigenvalue weighted by Crippen LogP contribution is 2.38. The molecule has 360 valence electrons. The molecule has 0 saturated heterocycles. The first-order chi connectivity index (χ1) is 28.7. The molecule has 0 bridgehead atoms. The average molecular weight is 877 g/mol. The van der Waals surface area contributed by atoms with Gasteiger partial charge in [-0.2, -0.15) is 0 Å². The molecule has 0 heterocycles. The number of carbonyl (C=O) groups excluding carboxylic acids is 1. The molecule has 0 fully saturated rings. The van der Waals surface area contributed by atoms with Gasteiger partial charge in [0.2, 0.25) is 5.91 Å². The predicted octanol–water partition coefficient (Wildman–Crippen LogP) is 11.7. The number of quaternary nitrogens is 1. The van der Waals surface area contributed by atoms with Crippen LogP contribution in [0, 0.1) is 5.92 Å². The summed E-state index contributed by atoms with van der Waals surface area (Å²) in [4.78, 5) is 25.5. The Morgan fingerprint density at radius 1 is 0.567 bits per heavy atom. The molecule has 60 heavy (non-hydrogen) atoms. The molecule has 5 atom stereocenters. The van der Waals surface area contributed by atoms with E-state index in [4.69, 9.17) is 9.05 Å². The number of nitrogens with zero attached hydrogens (tertiary/aromatic N) is 1. The van der Waals surface area contributed by atoms with E-state index in [-0.39, 0.29) is 13.0 Å². The van der Waals surface area contributed by atoms with Gasteiger partial charge in [0, 0.05) is 0 Å². The molecule has 0 radical (unpaired) electrons. The van der Waals surface area contributed by atoms with Crippen molar-refractivity contribution in [1.82, 2.24) is 5.32 Å². The molecule has 0 aliphatic carbocycles. The van der Waals surface area contributed by atoms with Crippen LogP contribution in [-0.2, 0) is 18.4 Å². The Balaban J connectivity index is 4.34. The number of likely N-dealkylation sites (N-methyl/N-ethyl adjacent to an activating group) is 1. The summed E-state index contributed by atoms with van der Waals surface area (Å²) in [5, 5.41) is 35.1. The van der Waals surface area contributed by atoms with Crippen molar-refractivity contribution < 1.29 is 43.1 Å². The summed E-state index contributed by atoms with van der Waals surface area (Å²) in [6.45, 7) is 6.54. The van der Waals surface area contributed by atoms with Gasteiger partial charge in [-0.05, 0) is 18.8 Å². The van der Waals surface area contributed by atoms with Crippen LogP contribution in [0.25, 0.3) is 0 Å². The zero-order valence-corrected chi connectivity index (χ0v) is 41.2. The Kier molecular flexibility index (Phi) is 39.6. The lowest BCUT2D eigenvalue weighted by Crippen LogP contribution is -2.53. The lowest BCUT2D eigenvalue weighted by molar-refractivity contribution is -0.870. The Hall–Kier alpha value is -0.580. The third-order valence-electron chi connectivity index (χ3n) is 12.0. The van der Waals surface area contributed by atoms with Crippen LogP contribution >= 0.6 is 7.82 Å². The predicted molar refractivity (Wildman–Crippen MR) is 250 cm³/mol. The van der Waals surface area contributed by atoms with E-state index in [1.165, 1.54) is 154 Å². The van der Waals surface area contributed by atoms with Gasteiger partial charge in [0.05, 0.1) is 39.9 Å². The van der Waals surface area contributed by atoms with Gasteiger partial charge in [-0.15, -0.1) is 0 Å². The van der Waals surface area contributed by atoms with E-state index in [1.807, 2.05) is 21.1 Å². The average Bonchev–Trinajstić information content (AvgIpc) is 3.19. The summed E-state index contributed by atoms with van der Waals surface area (Å²) in [7, 11) is 0.990. The number of amides is 1. The summed E-state index contributed by atoms with van der Waals surface area (Å²) < 4.78 is 23.1. The Labute approximate surface area is 371 Å². The van der Waals surface area contributed by atoms with Crippen molar-refractivity contribution >= 4 is 13.7 Å². The van der Waals surface area contributed by atoms with E-state index in [0.717, 1.165) is 44.4 Å². The second-order valence-electron chi connectivity index (χ2n) is 19.6. The number of unbranched alkanes of at least 4 members (excludes halogenated alkanes) is 29. The number of aliphatic hydroxyl groups is 3. The monoisotopic (exact) mass is 877 g/mol. The minimum Gasteiger partial charge on any atom is -0.756 e. The number of carbonyl (C=O) groups is 1. The zero-order valence-electron chi connectivity index (χ0n) is 40.3. The topological polar surface area (TPSA) is 148 Å². The van der Waals surface area contributed by atoms with Crippen LogP contribution in [0.4, 0.5) is 0 Å². The number of hydrogen-bond acceptors (Lipinski definition) is 8. The number of rotatable bonds is 46. The Bertz CT molecular complexity index is 997. The smallest absolute Gasteiger partial charge is 0.268 e. The highest BCUT2D eigenvalue weighted by molar-refractivity contribution is 7.45. The van der Waals surface area contributed by atoms with Gasteiger partial charge < -0.3 is 39.1 Å². The maximum Gasteiger partial charge on any atom is 0.268 e. The fourth-order valence-corrected chi connectivity index (χ4v) is 8.52. The summed E-state index contributed by atoms with van der Waals surface area (Å²) in [6, 6.07) is -1.24. The van der Waals surface area contributed by atoms with E-state index < -0.39 is 44.7 Å². The minimum atomic E-state index is -4.74. The quantitative estimate of drug-likeness (QED) is 0.0268. The van der Waals surface area contributed by atoms with E-state index in [1.54, 1.807) is 0 Å². The van der Waals surface area contributed by atoms with Crippen LogP contribution in [0.5, 0.6) is 0 Å². The molecule has 10 nitrogen and oxygen atoms in total. The molecule has 11 heteroatoms. The summed E-state index contributed by atoms with van der Waals surface area (Å²) in [6.07, 6.45) is 36.6. The number of aliphatic hydroxyl groups excluding tert-OH is 3. The van der Waals surface area contributed by atoms with Gasteiger partial charge in [-0.25, -0.2) is 0 Å². The molecule has 0 spiro atoms. The molecule has 4 N–H and O–H groups in total. The third-order valence-corrected chi connectivity index (χ3v) is 12.9. The van der Waals surface area contributed by atoms with Crippen molar-refractivity contribution in [2.45, 2.75) is 263 Å². The zero-order chi connectivity index (χ0) is 44.7. The fourth-order valence-electron chi connectivity index (χ4n) is 7.80. The second-order valence-corrected chi connectivity index (χ2v) is 21.1. The second kappa shape index (κ2) is 40.0. The maximum atomic E-state index is 13.0. The molecule has 0 saturated carbocycles. The van der Waals surface area contributed by atoms with Gasteiger partial charge in [0.1, 0.15) is 25.4 Å². The molecule has 0 aromatic carbocycles. The highest BCUT2D eigenvalue weighted by Gasteiger charge is 2.31. The van der Waals surface area contributed by atoms with Gasteiger partial charge in [0.15, 0.2) is 0 Å². The molecule has 0 aliphatic rings. The minimum absolute atomic E-state index is 0.0806. The van der Waals surface area contributed by atoms with E-state index >= 15 is 0 Å². The van der Waals surface area contributed by atoms with Crippen molar-refractivity contribution in [1.29, 1.82) is 0 Å². The molecule has 2 unspecified atom stereocenters.